The molecule has 28 heavy (non-hydrogen) atoms. The zero-order chi connectivity index (χ0) is 18.5. The quantitative estimate of drug-likeness (QED) is 0.717. The monoisotopic (exact) mass is 430 g/mol. The number of morpholine rings is 1. The molecule has 1 fully saturated rings. The standard InChI is InChI=1S/C18H22N4O4.2ClH/c1-2-25-16-4-3-12(9-14(16)17(23)24)15-5-6-20-18(21-15)22-7-8-26-13(10-19)11-22;;/h3-6,9,13H,2,7-8,10-11,19H2,1H3,(H,23,24);2*1H. The van der Waals surface area contributed by atoms with Crippen molar-refractivity contribution in [3.8, 4) is 17.0 Å². The predicted molar refractivity (Wildman–Crippen MR) is 111 cm³/mol. The van der Waals surface area contributed by atoms with Crippen LogP contribution in [0.1, 0.15) is 17.3 Å². The van der Waals surface area contributed by atoms with Crippen LogP contribution in [-0.2, 0) is 4.74 Å². The van der Waals surface area contributed by atoms with Crippen LogP contribution in [0.15, 0.2) is 30.5 Å². The normalized spacial score (nSPS) is 15.9. The summed E-state index contributed by atoms with van der Waals surface area (Å²) in [5, 5.41) is 9.43. The summed E-state index contributed by atoms with van der Waals surface area (Å²) in [6.45, 7) is 4.54. The molecule has 0 radical (unpaired) electrons. The molecule has 8 nitrogen and oxygen atoms in total. The lowest BCUT2D eigenvalue weighted by molar-refractivity contribution is 0.0460. The van der Waals surface area contributed by atoms with E-state index in [0.29, 0.717) is 55.8 Å². The molecule has 0 aliphatic carbocycles. The average Bonchev–Trinajstić information content (AvgIpc) is 2.68. The van der Waals surface area contributed by atoms with Crippen molar-refractivity contribution in [1.82, 2.24) is 9.97 Å². The van der Waals surface area contributed by atoms with Gasteiger partial charge in [0.15, 0.2) is 0 Å². The van der Waals surface area contributed by atoms with Gasteiger partial charge in [-0.05, 0) is 31.2 Å². The van der Waals surface area contributed by atoms with E-state index in [9.17, 15) is 9.90 Å². The van der Waals surface area contributed by atoms with Gasteiger partial charge in [0.2, 0.25) is 5.95 Å². The molecule has 1 unspecified atom stereocenters. The van der Waals surface area contributed by atoms with Gasteiger partial charge in [0.1, 0.15) is 11.3 Å². The van der Waals surface area contributed by atoms with Gasteiger partial charge in [0.05, 0.1) is 25.0 Å². The van der Waals surface area contributed by atoms with Crippen LogP contribution in [0.2, 0.25) is 0 Å². The van der Waals surface area contributed by atoms with E-state index in [4.69, 9.17) is 15.2 Å². The number of nitrogens with two attached hydrogens (primary N) is 1. The highest BCUT2D eigenvalue weighted by Gasteiger charge is 2.22. The minimum atomic E-state index is -1.04. The van der Waals surface area contributed by atoms with E-state index in [1.54, 1.807) is 30.5 Å². The van der Waals surface area contributed by atoms with Gasteiger partial charge in [-0.15, -0.1) is 24.8 Å². The number of rotatable bonds is 6. The fourth-order valence-electron chi connectivity index (χ4n) is 2.84. The van der Waals surface area contributed by atoms with Gasteiger partial charge in [0.25, 0.3) is 0 Å². The number of halogens is 2. The average molecular weight is 431 g/mol. The molecule has 0 saturated carbocycles. The van der Waals surface area contributed by atoms with Crippen molar-refractivity contribution >= 4 is 36.7 Å². The van der Waals surface area contributed by atoms with Crippen molar-refractivity contribution in [2.45, 2.75) is 13.0 Å². The van der Waals surface area contributed by atoms with Gasteiger partial charge in [-0.2, -0.15) is 0 Å². The van der Waals surface area contributed by atoms with E-state index in [1.807, 2.05) is 11.8 Å². The zero-order valence-corrected chi connectivity index (χ0v) is 17.0. The summed E-state index contributed by atoms with van der Waals surface area (Å²) in [6.07, 6.45) is 1.63. The zero-order valence-electron chi connectivity index (χ0n) is 15.4. The number of hydrogen-bond donors (Lipinski definition) is 2. The summed E-state index contributed by atoms with van der Waals surface area (Å²) in [7, 11) is 0. The molecule has 1 atom stereocenters. The molecule has 0 bridgehead atoms. The lowest BCUT2D eigenvalue weighted by Gasteiger charge is -2.32. The summed E-state index contributed by atoms with van der Waals surface area (Å²) in [4.78, 5) is 22.5. The number of aromatic carboxylic acids is 1. The van der Waals surface area contributed by atoms with Crippen molar-refractivity contribution in [3.63, 3.8) is 0 Å². The van der Waals surface area contributed by atoms with E-state index >= 15 is 0 Å². The number of nitrogens with zero attached hydrogens (tertiary/aromatic N) is 3. The smallest absolute Gasteiger partial charge is 0.339 e. The molecule has 1 saturated heterocycles. The van der Waals surface area contributed by atoms with Crippen LogP contribution >= 0.6 is 24.8 Å². The molecule has 10 heteroatoms. The van der Waals surface area contributed by atoms with Crippen molar-refractivity contribution in [2.75, 3.05) is 37.7 Å². The fraction of sp³-hybridized carbons (Fsp3) is 0.389. The highest BCUT2D eigenvalue weighted by Crippen LogP contribution is 2.27. The third-order valence-corrected chi connectivity index (χ3v) is 4.13. The Morgan fingerprint density at radius 2 is 2.18 bits per heavy atom. The molecular weight excluding hydrogens is 407 g/mol. The Labute approximate surface area is 175 Å². The van der Waals surface area contributed by atoms with Crippen LogP contribution in [-0.4, -0.2) is 60.0 Å². The molecular formula is C18H24Cl2N4O4. The number of carbonyl (C=O) groups is 1. The van der Waals surface area contributed by atoms with Crippen LogP contribution < -0.4 is 15.4 Å². The van der Waals surface area contributed by atoms with E-state index in [1.165, 1.54) is 0 Å². The van der Waals surface area contributed by atoms with E-state index in [0.717, 1.165) is 0 Å². The molecule has 1 aromatic heterocycles. The molecule has 2 aromatic rings. The van der Waals surface area contributed by atoms with Crippen LogP contribution in [0.4, 0.5) is 5.95 Å². The first-order valence-electron chi connectivity index (χ1n) is 8.52. The van der Waals surface area contributed by atoms with E-state index in [2.05, 4.69) is 9.97 Å². The Balaban J connectivity index is 0.00000196. The largest absolute Gasteiger partial charge is 0.493 e. The van der Waals surface area contributed by atoms with Gasteiger partial charge >= 0.3 is 5.97 Å². The molecule has 0 amide bonds. The second-order valence-electron chi connectivity index (χ2n) is 5.87. The molecule has 1 aliphatic heterocycles. The highest BCUT2D eigenvalue weighted by molar-refractivity contribution is 5.92. The topological polar surface area (TPSA) is 111 Å². The Bertz CT molecular complexity index is 794. The molecule has 3 rings (SSSR count). The summed E-state index contributed by atoms with van der Waals surface area (Å²) in [5.74, 6) is -0.115. The molecule has 3 N–H and O–H groups in total. The summed E-state index contributed by atoms with van der Waals surface area (Å²) in [6, 6.07) is 6.78. The number of ether oxygens (including phenoxy) is 2. The van der Waals surface area contributed by atoms with Crippen LogP contribution in [0.25, 0.3) is 11.3 Å². The van der Waals surface area contributed by atoms with Crippen LogP contribution in [0.3, 0.4) is 0 Å². The van der Waals surface area contributed by atoms with Crippen molar-refractivity contribution < 1.29 is 19.4 Å². The number of hydrogen-bond acceptors (Lipinski definition) is 7. The van der Waals surface area contributed by atoms with E-state index < -0.39 is 5.97 Å². The van der Waals surface area contributed by atoms with Crippen molar-refractivity contribution in [1.29, 1.82) is 0 Å². The summed E-state index contributed by atoms with van der Waals surface area (Å²) in [5.41, 5.74) is 7.14. The number of benzene rings is 1. The van der Waals surface area contributed by atoms with Gasteiger partial charge < -0.3 is 25.2 Å². The maximum Gasteiger partial charge on any atom is 0.339 e. The van der Waals surface area contributed by atoms with Gasteiger partial charge in [-0.25, -0.2) is 14.8 Å². The lowest BCUT2D eigenvalue weighted by atomic mass is 10.1. The number of carboxylic acids is 1. The molecule has 154 valence electrons. The van der Waals surface area contributed by atoms with Gasteiger partial charge in [-0.1, -0.05) is 0 Å². The maximum atomic E-state index is 11.5. The number of aromatic nitrogens is 2. The Kier molecular flexibility index (Phi) is 9.40. The van der Waals surface area contributed by atoms with E-state index in [-0.39, 0.29) is 36.5 Å². The predicted octanol–water partition coefficient (Wildman–Crippen LogP) is 2.25. The Hall–Kier alpha value is -2.13. The fourth-order valence-corrected chi connectivity index (χ4v) is 2.84. The first-order valence-corrected chi connectivity index (χ1v) is 8.52. The molecule has 0 spiro atoms. The Morgan fingerprint density at radius 1 is 1.39 bits per heavy atom. The first kappa shape index (κ1) is 23.9. The van der Waals surface area contributed by atoms with Crippen LogP contribution in [0.5, 0.6) is 5.75 Å². The number of anilines is 1. The van der Waals surface area contributed by atoms with Crippen LogP contribution in [0, 0.1) is 0 Å². The van der Waals surface area contributed by atoms with Gasteiger partial charge in [0, 0.05) is 31.4 Å². The minimum Gasteiger partial charge on any atom is -0.493 e. The third kappa shape index (κ3) is 5.45. The summed E-state index contributed by atoms with van der Waals surface area (Å²) >= 11 is 0. The molecule has 1 aliphatic rings. The Morgan fingerprint density at radius 3 is 2.86 bits per heavy atom. The second-order valence-corrected chi connectivity index (χ2v) is 5.87. The minimum absolute atomic E-state index is 0. The van der Waals surface area contributed by atoms with Crippen molar-refractivity contribution in [2.24, 2.45) is 5.73 Å². The highest BCUT2D eigenvalue weighted by atomic mass is 35.5. The lowest BCUT2D eigenvalue weighted by Crippen LogP contribution is -2.46. The third-order valence-electron chi connectivity index (χ3n) is 4.13. The molecule has 2 heterocycles. The van der Waals surface area contributed by atoms with Gasteiger partial charge in [-0.3, -0.25) is 0 Å². The SMILES string of the molecule is CCOc1ccc(-c2ccnc(N3CCOC(CN)C3)n2)cc1C(=O)O.Cl.Cl. The second kappa shape index (κ2) is 11.0. The maximum absolute atomic E-state index is 11.5. The first-order chi connectivity index (χ1) is 12.6. The molecule has 1 aromatic carbocycles. The summed E-state index contributed by atoms with van der Waals surface area (Å²) < 4.78 is 11.0. The number of carboxylic acid groups (broad SMARTS) is 1. The van der Waals surface area contributed by atoms with Crippen molar-refractivity contribution in [3.05, 3.63) is 36.0 Å².